The van der Waals surface area contributed by atoms with Gasteiger partial charge in [0.15, 0.2) is 0 Å². The molecule has 1 aromatic heterocycles. The van der Waals surface area contributed by atoms with Crippen LogP contribution in [0.4, 0.5) is 5.69 Å². The van der Waals surface area contributed by atoms with Crippen molar-refractivity contribution < 1.29 is 9.59 Å². The molecule has 1 atom stereocenters. The van der Waals surface area contributed by atoms with E-state index in [1.165, 1.54) is 6.92 Å². The molecular weight excluding hydrogens is 320 g/mol. The molecule has 0 radical (unpaired) electrons. The quantitative estimate of drug-likeness (QED) is 0.840. The number of thiophene rings is 1. The van der Waals surface area contributed by atoms with Gasteiger partial charge in [-0.2, -0.15) is 0 Å². The predicted octanol–water partition coefficient (Wildman–Crippen LogP) is 3.25. The van der Waals surface area contributed by atoms with Crippen molar-refractivity contribution in [3.63, 3.8) is 0 Å². The first-order chi connectivity index (χ1) is 11.5. The maximum absolute atomic E-state index is 12.4. The highest BCUT2D eigenvalue weighted by Gasteiger charge is 2.22. The van der Waals surface area contributed by atoms with Crippen molar-refractivity contribution in [2.24, 2.45) is 5.92 Å². The molecule has 2 aromatic rings. The zero-order valence-corrected chi connectivity index (χ0v) is 14.7. The summed E-state index contributed by atoms with van der Waals surface area (Å²) < 4.78 is 0. The number of hydrogen-bond acceptors (Lipinski definition) is 3. The number of carbonyl (C=O) groups is 2. The van der Waals surface area contributed by atoms with Crippen LogP contribution in [0.2, 0.25) is 0 Å². The fourth-order valence-corrected chi connectivity index (χ4v) is 2.70. The Morgan fingerprint density at radius 1 is 1.12 bits per heavy atom. The van der Waals surface area contributed by atoms with Gasteiger partial charge in [0.2, 0.25) is 11.8 Å². The Bertz CT molecular complexity index is 770. The van der Waals surface area contributed by atoms with Crippen LogP contribution in [-0.4, -0.2) is 17.9 Å². The second kappa shape index (κ2) is 8.32. The number of amides is 2. The number of carbonyl (C=O) groups excluding carboxylic acids is 2. The van der Waals surface area contributed by atoms with Gasteiger partial charge in [-0.15, -0.1) is 11.3 Å². The highest BCUT2D eigenvalue weighted by Crippen LogP contribution is 2.13. The molecule has 2 amide bonds. The number of hydrogen-bond donors (Lipinski definition) is 2. The maximum Gasteiger partial charge on any atom is 0.247 e. The highest BCUT2D eigenvalue weighted by molar-refractivity contribution is 7.10. The van der Waals surface area contributed by atoms with E-state index in [9.17, 15) is 9.59 Å². The minimum absolute atomic E-state index is 0.00398. The Labute approximate surface area is 146 Å². The van der Waals surface area contributed by atoms with Crippen molar-refractivity contribution in [3.8, 4) is 11.8 Å². The predicted molar refractivity (Wildman–Crippen MR) is 97.8 cm³/mol. The van der Waals surface area contributed by atoms with E-state index in [0.29, 0.717) is 5.69 Å². The summed E-state index contributed by atoms with van der Waals surface area (Å²) in [6.45, 7) is 5.19. The van der Waals surface area contributed by atoms with Gasteiger partial charge in [0.05, 0.1) is 4.88 Å². The van der Waals surface area contributed by atoms with E-state index in [-0.39, 0.29) is 17.7 Å². The number of anilines is 1. The van der Waals surface area contributed by atoms with Gasteiger partial charge in [0, 0.05) is 18.2 Å². The SMILES string of the molecule is CC(=O)NC(C(=O)Nc1cccc(C#Cc2cccs2)c1)C(C)C. The molecule has 4 nitrogen and oxygen atoms in total. The maximum atomic E-state index is 12.4. The van der Waals surface area contributed by atoms with E-state index in [0.717, 1.165) is 10.4 Å². The average molecular weight is 340 g/mol. The van der Waals surface area contributed by atoms with Gasteiger partial charge < -0.3 is 10.6 Å². The third-order valence-corrected chi connectivity index (χ3v) is 4.07. The van der Waals surface area contributed by atoms with E-state index < -0.39 is 6.04 Å². The molecule has 0 aliphatic heterocycles. The van der Waals surface area contributed by atoms with Crippen LogP contribution >= 0.6 is 11.3 Å². The molecule has 0 saturated carbocycles. The lowest BCUT2D eigenvalue weighted by molar-refractivity contribution is -0.126. The van der Waals surface area contributed by atoms with Crippen LogP contribution in [0.5, 0.6) is 0 Å². The molecule has 1 unspecified atom stereocenters. The topological polar surface area (TPSA) is 58.2 Å². The van der Waals surface area contributed by atoms with Gasteiger partial charge in [0.1, 0.15) is 6.04 Å². The highest BCUT2D eigenvalue weighted by atomic mass is 32.1. The Morgan fingerprint density at radius 2 is 1.92 bits per heavy atom. The first-order valence-electron chi connectivity index (χ1n) is 7.69. The van der Waals surface area contributed by atoms with E-state index >= 15 is 0 Å². The van der Waals surface area contributed by atoms with Crippen molar-refractivity contribution >= 4 is 28.8 Å². The Morgan fingerprint density at radius 3 is 2.54 bits per heavy atom. The average Bonchev–Trinajstić information content (AvgIpc) is 3.04. The molecule has 1 heterocycles. The molecular formula is C19H20N2O2S. The molecule has 2 rings (SSSR count). The summed E-state index contributed by atoms with van der Waals surface area (Å²) in [7, 11) is 0. The zero-order valence-electron chi connectivity index (χ0n) is 13.9. The lowest BCUT2D eigenvalue weighted by Gasteiger charge is -2.21. The molecule has 1 aromatic carbocycles. The summed E-state index contributed by atoms with van der Waals surface area (Å²) in [5.41, 5.74) is 1.48. The molecule has 0 aliphatic carbocycles. The first kappa shape index (κ1) is 17.8. The normalized spacial score (nSPS) is 11.3. The van der Waals surface area contributed by atoms with Crippen LogP contribution in [0, 0.1) is 17.8 Å². The number of nitrogens with one attached hydrogen (secondary N) is 2. The molecule has 0 spiro atoms. The van der Waals surface area contributed by atoms with E-state index in [2.05, 4.69) is 22.5 Å². The van der Waals surface area contributed by atoms with Crippen LogP contribution in [0.25, 0.3) is 0 Å². The lowest BCUT2D eigenvalue weighted by atomic mass is 10.0. The van der Waals surface area contributed by atoms with Gasteiger partial charge in [-0.25, -0.2) is 0 Å². The van der Waals surface area contributed by atoms with E-state index in [4.69, 9.17) is 0 Å². The molecule has 0 saturated heterocycles. The minimum Gasteiger partial charge on any atom is -0.344 e. The largest absolute Gasteiger partial charge is 0.344 e. The van der Waals surface area contributed by atoms with Gasteiger partial charge in [-0.1, -0.05) is 37.8 Å². The van der Waals surface area contributed by atoms with Crippen molar-refractivity contribution in [3.05, 3.63) is 52.2 Å². The standard InChI is InChI=1S/C19H20N2O2S/c1-13(2)18(20-14(3)22)19(23)21-16-7-4-6-15(12-16)9-10-17-8-5-11-24-17/h4-8,11-13,18H,1-3H3,(H,20,22)(H,21,23). The number of rotatable bonds is 4. The summed E-state index contributed by atoms with van der Waals surface area (Å²) in [5.74, 6) is 5.71. The molecule has 124 valence electrons. The summed E-state index contributed by atoms with van der Waals surface area (Å²) in [6.07, 6.45) is 0. The van der Waals surface area contributed by atoms with Gasteiger partial charge in [-0.05, 0) is 35.6 Å². The second-order valence-electron chi connectivity index (χ2n) is 5.72. The van der Waals surface area contributed by atoms with Crippen molar-refractivity contribution in [1.82, 2.24) is 5.32 Å². The molecule has 24 heavy (non-hydrogen) atoms. The first-order valence-corrected chi connectivity index (χ1v) is 8.57. The lowest BCUT2D eigenvalue weighted by Crippen LogP contribution is -2.46. The monoisotopic (exact) mass is 340 g/mol. The third-order valence-electron chi connectivity index (χ3n) is 3.29. The van der Waals surface area contributed by atoms with Crippen molar-refractivity contribution in [1.29, 1.82) is 0 Å². The fourth-order valence-electron chi connectivity index (χ4n) is 2.13. The van der Waals surface area contributed by atoms with Crippen LogP contribution in [0.15, 0.2) is 41.8 Å². The second-order valence-corrected chi connectivity index (χ2v) is 6.67. The zero-order chi connectivity index (χ0) is 17.5. The van der Waals surface area contributed by atoms with Crippen LogP contribution < -0.4 is 10.6 Å². The molecule has 0 bridgehead atoms. The van der Waals surface area contributed by atoms with Gasteiger partial charge in [-0.3, -0.25) is 9.59 Å². The Balaban J connectivity index is 2.10. The Kier molecular flexibility index (Phi) is 6.16. The van der Waals surface area contributed by atoms with Crippen LogP contribution in [-0.2, 0) is 9.59 Å². The fraction of sp³-hybridized carbons (Fsp3) is 0.263. The van der Waals surface area contributed by atoms with Gasteiger partial charge in [0.25, 0.3) is 0 Å². The van der Waals surface area contributed by atoms with E-state index in [1.807, 2.05) is 49.6 Å². The number of benzene rings is 1. The summed E-state index contributed by atoms with van der Waals surface area (Å²) >= 11 is 1.59. The van der Waals surface area contributed by atoms with E-state index in [1.54, 1.807) is 17.4 Å². The summed E-state index contributed by atoms with van der Waals surface area (Å²) in [6, 6.07) is 10.7. The smallest absolute Gasteiger partial charge is 0.247 e. The minimum atomic E-state index is -0.566. The van der Waals surface area contributed by atoms with Crippen molar-refractivity contribution in [2.45, 2.75) is 26.8 Å². The Hall–Kier alpha value is -2.58. The summed E-state index contributed by atoms with van der Waals surface area (Å²) in [5, 5.41) is 7.50. The molecule has 2 N–H and O–H groups in total. The van der Waals surface area contributed by atoms with Crippen LogP contribution in [0.3, 0.4) is 0 Å². The third kappa shape index (κ3) is 5.25. The van der Waals surface area contributed by atoms with Crippen LogP contribution in [0.1, 0.15) is 31.2 Å². The van der Waals surface area contributed by atoms with Gasteiger partial charge >= 0.3 is 0 Å². The molecule has 5 heteroatoms. The molecule has 0 aliphatic rings. The summed E-state index contributed by atoms with van der Waals surface area (Å²) in [4.78, 5) is 24.6. The van der Waals surface area contributed by atoms with Crippen molar-refractivity contribution in [2.75, 3.05) is 5.32 Å². The molecule has 0 fully saturated rings.